The molecule has 1 aromatic heterocycles. The normalized spacial score (nSPS) is 12.1. The maximum atomic E-state index is 6.07. The lowest BCUT2D eigenvalue weighted by Gasteiger charge is -2.29. The number of nitrogens with one attached hydrogen (secondary N) is 1. The molecule has 19 heavy (non-hydrogen) atoms. The first-order valence-corrected chi connectivity index (χ1v) is 6.94. The molecular weight excluding hydrogens is 258 g/mol. The third-order valence-corrected chi connectivity index (χ3v) is 4.20. The molecule has 102 valence electrons. The van der Waals surface area contributed by atoms with E-state index in [2.05, 4.69) is 43.2 Å². The molecule has 0 saturated heterocycles. The molecule has 0 aliphatic carbocycles. The van der Waals surface area contributed by atoms with E-state index < -0.39 is 0 Å². The minimum Gasteiger partial charge on any atom is -0.368 e. The van der Waals surface area contributed by atoms with Gasteiger partial charge in [0.1, 0.15) is 0 Å². The summed E-state index contributed by atoms with van der Waals surface area (Å²) in [7, 11) is 0. The SMILES string of the molecule is CC(C)C(C)(C)CNc1nnc(Cl)c2ccccc12. The van der Waals surface area contributed by atoms with Crippen LogP contribution in [0.2, 0.25) is 5.15 Å². The highest BCUT2D eigenvalue weighted by atomic mass is 35.5. The van der Waals surface area contributed by atoms with Gasteiger partial charge in [-0.15, -0.1) is 10.2 Å². The molecule has 0 aliphatic rings. The summed E-state index contributed by atoms with van der Waals surface area (Å²) in [4.78, 5) is 0. The Morgan fingerprint density at radius 3 is 2.42 bits per heavy atom. The van der Waals surface area contributed by atoms with Gasteiger partial charge in [-0.05, 0) is 11.3 Å². The first-order chi connectivity index (χ1) is 8.92. The van der Waals surface area contributed by atoms with Crippen molar-refractivity contribution in [2.45, 2.75) is 27.7 Å². The van der Waals surface area contributed by atoms with E-state index in [0.29, 0.717) is 11.1 Å². The van der Waals surface area contributed by atoms with Crippen molar-refractivity contribution < 1.29 is 0 Å². The van der Waals surface area contributed by atoms with E-state index in [1.54, 1.807) is 0 Å². The molecule has 0 bridgehead atoms. The Hall–Kier alpha value is -1.35. The molecule has 2 aromatic rings. The number of aromatic nitrogens is 2. The molecule has 0 aliphatic heterocycles. The first kappa shape index (κ1) is 14.1. The van der Waals surface area contributed by atoms with Gasteiger partial charge in [-0.1, -0.05) is 63.6 Å². The Morgan fingerprint density at radius 1 is 1.16 bits per heavy atom. The maximum Gasteiger partial charge on any atom is 0.159 e. The number of nitrogens with zero attached hydrogens (tertiary/aromatic N) is 2. The van der Waals surface area contributed by atoms with Gasteiger partial charge in [0.15, 0.2) is 11.0 Å². The minimum atomic E-state index is 0.197. The smallest absolute Gasteiger partial charge is 0.159 e. The average Bonchev–Trinajstić information content (AvgIpc) is 2.38. The second kappa shape index (κ2) is 5.33. The summed E-state index contributed by atoms with van der Waals surface area (Å²) in [5.74, 6) is 1.39. The predicted octanol–water partition coefficient (Wildman–Crippen LogP) is 4.38. The lowest BCUT2D eigenvalue weighted by molar-refractivity contribution is 0.269. The topological polar surface area (TPSA) is 37.8 Å². The first-order valence-electron chi connectivity index (χ1n) is 6.56. The Morgan fingerprint density at radius 2 is 1.79 bits per heavy atom. The van der Waals surface area contributed by atoms with Crippen LogP contribution in [0.5, 0.6) is 0 Å². The Bertz CT molecular complexity index is 579. The zero-order valence-electron chi connectivity index (χ0n) is 11.9. The molecule has 2 rings (SSSR count). The highest BCUT2D eigenvalue weighted by Gasteiger charge is 2.22. The minimum absolute atomic E-state index is 0.197. The average molecular weight is 278 g/mol. The molecule has 0 spiro atoms. The van der Waals surface area contributed by atoms with Gasteiger partial charge < -0.3 is 5.32 Å². The fourth-order valence-corrected chi connectivity index (χ4v) is 1.92. The van der Waals surface area contributed by atoms with E-state index in [0.717, 1.165) is 23.1 Å². The molecule has 0 fully saturated rings. The molecular formula is C15H20ClN3. The van der Waals surface area contributed by atoms with Crippen LogP contribution in [0.3, 0.4) is 0 Å². The summed E-state index contributed by atoms with van der Waals surface area (Å²) in [6.45, 7) is 9.80. The van der Waals surface area contributed by atoms with Crippen molar-refractivity contribution in [3.63, 3.8) is 0 Å². The van der Waals surface area contributed by atoms with Crippen molar-refractivity contribution >= 4 is 28.2 Å². The molecule has 0 radical (unpaired) electrons. The molecule has 0 amide bonds. The third-order valence-electron chi connectivity index (χ3n) is 3.92. The fraction of sp³-hybridized carbons (Fsp3) is 0.467. The largest absolute Gasteiger partial charge is 0.368 e. The third kappa shape index (κ3) is 2.98. The van der Waals surface area contributed by atoms with Gasteiger partial charge in [0, 0.05) is 17.3 Å². The van der Waals surface area contributed by atoms with Crippen LogP contribution in [-0.4, -0.2) is 16.7 Å². The van der Waals surface area contributed by atoms with Crippen molar-refractivity contribution in [2.24, 2.45) is 11.3 Å². The van der Waals surface area contributed by atoms with E-state index in [9.17, 15) is 0 Å². The van der Waals surface area contributed by atoms with Crippen molar-refractivity contribution in [3.05, 3.63) is 29.4 Å². The standard InChI is InChI=1S/C15H20ClN3/c1-10(2)15(3,4)9-17-14-12-8-6-5-7-11(12)13(16)18-19-14/h5-8,10H,9H2,1-4H3,(H,17,19). The van der Waals surface area contributed by atoms with Crippen LogP contribution >= 0.6 is 11.6 Å². The van der Waals surface area contributed by atoms with Crippen LogP contribution in [0.25, 0.3) is 10.8 Å². The highest BCUT2D eigenvalue weighted by molar-refractivity contribution is 6.34. The quantitative estimate of drug-likeness (QED) is 0.901. The van der Waals surface area contributed by atoms with Crippen LogP contribution in [0.15, 0.2) is 24.3 Å². The van der Waals surface area contributed by atoms with Crippen LogP contribution in [-0.2, 0) is 0 Å². The van der Waals surface area contributed by atoms with Crippen molar-refractivity contribution in [1.29, 1.82) is 0 Å². The van der Waals surface area contributed by atoms with E-state index in [4.69, 9.17) is 11.6 Å². The van der Waals surface area contributed by atoms with Gasteiger partial charge >= 0.3 is 0 Å². The van der Waals surface area contributed by atoms with E-state index in [1.165, 1.54) is 0 Å². The number of hydrogen-bond donors (Lipinski definition) is 1. The van der Waals surface area contributed by atoms with Gasteiger partial charge in [0.2, 0.25) is 0 Å². The molecule has 0 atom stereocenters. The van der Waals surface area contributed by atoms with Crippen LogP contribution in [0, 0.1) is 11.3 Å². The summed E-state index contributed by atoms with van der Waals surface area (Å²) >= 11 is 6.07. The molecule has 3 nitrogen and oxygen atoms in total. The van der Waals surface area contributed by atoms with E-state index >= 15 is 0 Å². The molecule has 4 heteroatoms. The lowest BCUT2D eigenvalue weighted by atomic mass is 9.81. The number of rotatable bonds is 4. The fourth-order valence-electron chi connectivity index (χ4n) is 1.72. The van der Waals surface area contributed by atoms with Gasteiger partial charge in [-0.25, -0.2) is 0 Å². The molecule has 0 unspecified atom stereocenters. The van der Waals surface area contributed by atoms with Crippen LogP contribution < -0.4 is 5.32 Å². The van der Waals surface area contributed by atoms with Gasteiger partial charge in [-0.3, -0.25) is 0 Å². The maximum absolute atomic E-state index is 6.07. The van der Waals surface area contributed by atoms with Crippen LogP contribution in [0.1, 0.15) is 27.7 Å². The van der Waals surface area contributed by atoms with Gasteiger partial charge in [0.05, 0.1) is 0 Å². The lowest BCUT2D eigenvalue weighted by Crippen LogP contribution is -2.28. The summed E-state index contributed by atoms with van der Waals surface area (Å²) in [5.41, 5.74) is 0.197. The van der Waals surface area contributed by atoms with Gasteiger partial charge in [-0.2, -0.15) is 0 Å². The number of halogens is 1. The van der Waals surface area contributed by atoms with Crippen molar-refractivity contribution in [3.8, 4) is 0 Å². The van der Waals surface area contributed by atoms with Gasteiger partial charge in [0.25, 0.3) is 0 Å². The van der Waals surface area contributed by atoms with E-state index in [1.807, 2.05) is 24.3 Å². The summed E-state index contributed by atoms with van der Waals surface area (Å²) in [5, 5.41) is 14.0. The second-order valence-electron chi connectivity index (χ2n) is 5.88. The molecule has 1 N–H and O–H groups in total. The predicted molar refractivity (Wildman–Crippen MR) is 81.7 cm³/mol. The van der Waals surface area contributed by atoms with Crippen LogP contribution in [0.4, 0.5) is 5.82 Å². The Labute approximate surface area is 119 Å². The van der Waals surface area contributed by atoms with Crippen molar-refractivity contribution in [2.75, 3.05) is 11.9 Å². The Kier molecular flexibility index (Phi) is 3.95. The summed E-state index contributed by atoms with van der Waals surface area (Å²) < 4.78 is 0. The number of anilines is 1. The Balaban J connectivity index is 2.29. The van der Waals surface area contributed by atoms with E-state index in [-0.39, 0.29) is 5.41 Å². The molecule has 0 saturated carbocycles. The highest BCUT2D eigenvalue weighted by Crippen LogP contribution is 2.29. The summed E-state index contributed by atoms with van der Waals surface area (Å²) in [6, 6.07) is 7.92. The molecule has 1 heterocycles. The molecule has 1 aromatic carbocycles. The number of fused-ring (bicyclic) bond motifs is 1. The number of benzene rings is 1. The van der Waals surface area contributed by atoms with Crippen molar-refractivity contribution in [1.82, 2.24) is 10.2 Å². The zero-order chi connectivity index (χ0) is 14.0. The zero-order valence-corrected chi connectivity index (χ0v) is 12.6. The second-order valence-corrected chi connectivity index (χ2v) is 6.24. The number of hydrogen-bond acceptors (Lipinski definition) is 3. The summed E-state index contributed by atoms with van der Waals surface area (Å²) in [6.07, 6.45) is 0. The monoisotopic (exact) mass is 277 g/mol.